The van der Waals surface area contributed by atoms with Crippen LogP contribution in [0.1, 0.15) is 0 Å². The largest absolute Gasteiger partial charge is 0.459 e. The molecule has 0 amide bonds. The highest BCUT2D eigenvalue weighted by atomic mass is 19.4. The summed E-state index contributed by atoms with van der Waals surface area (Å²) in [6, 6.07) is 0. The number of alkyl halides is 18. The first kappa shape index (κ1) is 26.5. The van der Waals surface area contributed by atoms with Gasteiger partial charge in [0.15, 0.2) is 0 Å². The Labute approximate surface area is 140 Å². The Bertz CT molecular complexity index is 563. The SMILES string of the molecule is FC(F)(F)C(F)(F)/C=C/C(C(F)(F)F)(C(F)(F)F)C(F)(F)C(F)(F)C(F)(F)F. The Hall–Kier alpha value is -1.52. The molecule has 0 spiro atoms. The lowest BCUT2D eigenvalue weighted by molar-refractivity contribution is -0.446. The van der Waals surface area contributed by atoms with Crippen LogP contribution in [-0.2, 0) is 0 Å². The van der Waals surface area contributed by atoms with Gasteiger partial charge in [-0.2, -0.15) is 79.0 Å². The van der Waals surface area contributed by atoms with E-state index in [9.17, 15) is 79.0 Å². The monoisotopic (exact) mass is 464 g/mol. The average molecular weight is 464 g/mol. The molecule has 0 aliphatic heterocycles. The molecular weight excluding hydrogens is 462 g/mol. The fraction of sp³-hybridized carbons (Fsp3) is 0.800. The lowest BCUT2D eigenvalue weighted by atomic mass is 9.75. The summed E-state index contributed by atoms with van der Waals surface area (Å²) in [5, 5.41) is 0. The van der Waals surface area contributed by atoms with Gasteiger partial charge in [0.25, 0.3) is 0 Å². The van der Waals surface area contributed by atoms with E-state index in [1.807, 2.05) is 0 Å². The Kier molecular flexibility index (Phi) is 6.14. The van der Waals surface area contributed by atoms with Crippen molar-refractivity contribution in [2.75, 3.05) is 0 Å². The number of halogens is 18. The summed E-state index contributed by atoms with van der Waals surface area (Å²) >= 11 is 0. The molecular formula is C10H2F18. The van der Waals surface area contributed by atoms with Crippen LogP contribution in [0.25, 0.3) is 0 Å². The Morgan fingerprint density at radius 2 is 0.643 bits per heavy atom. The van der Waals surface area contributed by atoms with Crippen LogP contribution in [0.2, 0.25) is 0 Å². The van der Waals surface area contributed by atoms with Gasteiger partial charge in [0.05, 0.1) is 0 Å². The number of allylic oxidation sites excluding steroid dienone is 2. The minimum Gasteiger partial charge on any atom is -0.198 e. The zero-order chi connectivity index (χ0) is 23.4. The molecule has 0 aromatic heterocycles. The molecule has 0 aliphatic carbocycles. The lowest BCUT2D eigenvalue weighted by Crippen LogP contribution is -2.69. The molecule has 0 fully saturated rings. The quantitative estimate of drug-likeness (QED) is 0.322. The topological polar surface area (TPSA) is 0 Å². The van der Waals surface area contributed by atoms with Crippen LogP contribution in [0, 0.1) is 5.41 Å². The minimum absolute atomic E-state index is 2.53. The van der Waals surface area contributed by atoms with E-state index in [0.29, 0.717) is 0 Å². The van der Waals surface area contributed by atoms with Gasteiger partial charge in [0.1, 0.15) is 0 Å². The molecule has 0 aromatic carbocycles. The smallest absolute Gasteiger partial charge is 0.198 e. The molecule has 0 N–H and O–H groups in total. The van der Waals surface area contributed by atoms with Crippen LogP contribution >= 0.6 is 0 Å². The van der Waals surface area contributed by atoms with Crippen molar-refractivity contribution in [2.45, 2.75) is 42.5 Å². The van der Waals surface area contributed by atoms with Crippen LogP contribution in [0.4, 0.5) is 79.0 Å². The van der Waals surface area contributed by atoms with Gasteiger partial charge in [0.2, 0.25) is 5.41 Å². The highest BCUT2D eigenvalue weighted by Gasteiger charge is 2.91. The molecule has 0 radical (unpaired) electrons. The van der Waals surface area contributed by atoms with Crippen molar-refractivity contribution < 1.29 is 79.0 Å². The third kappa shape index (κ3) is 3.81. The third-order valence-corrected chi connectivity index (χ3v) is 3.06. The molecule has 28 heavy (non-hydrogen) atoms. The summed E-state index contributed by atoms with van der Waals surface area (Å²) in [5.74, 6) is -23.2. The zero-order valence-corrected chi connectivity index (χ0v) is 12.0. The van der Waals surface area contributed by atoms with Gasteiger partial charge < -0.3 is 0 Å². The molecule has 0 heterocycles. The summed E-state index contributed by atoms with van der Waals surface area (Å²) in [7, 11) is 0. The fourth-order valence-electron chi connectivity index (χ4n) is 1.56. The second-order valence-corrected chi connectivity index (χ2v) is 4.90. The predicted molar refractivity (Wildman–Crippen MR) is 50.6 cm³/mol. The highest BCUT2D eigenvalue weighted by Crippen LogP contribution is 2.66. The number of rotatable bonds is 4. The molecule has 0 atom stereocenters. The Morgan fingerprint density at radius 3 is 0.857 bits per heavy atom. The summed E-state index contributed by atoms with van der Waals surface area (Å²) in [5.41, 5.74) is -7.78. The van der Waals surface area contributed by atoms with Crippen molar-refractivity contribution in [1.29, 1.82) is 0 Å². The van der Waals surface area contributed by atoms with E-state index >= 15 is 0 Å². The van der Waals surface area contributed by atoms with E-state index in [-0.39, 0.29) is 0 Å². The van der Waals surface area contributed by atoms with Crippen molar-refractivity contribution >= 4 is 0 Å². The van der Waals surface area contributed by atoms with Gasteiger partial charge in [-0.05, 0) is 6.08 Å². The van der Waals surface area contributed by atoms with Gasteiger partial charge in [0, 0.05) is 0 Å². The fourth-order valence-corrected chi connectivity index (χ4v) is 1.56. The second-order valence-electron chi connectivity index (χ2n) is 4.90. The van der Waals surface area contributed by atoms with E-state index in [0.717, 1.165) is 0 Å². The maximum absolute atomic E-state index is 13.4. The summed E-state index contributed by atoms with van der Waals surface area (Å²) in [6.45, 7) is 0. The standard InChI is InChI=1S/C10H2F18/c11-4(12,9(23,24)25)2-1-3(7(17,18)19,8(20,21)22)5(13,14)6(15,16)10(26,27)28/h1-2H/b2-1+. The third-order valence-electron chi connectivity index (χ3n) is 3.06. The average Bonchev–Trinajstić information content (AvgIpc) is 2.31. The summed E-state index contributed by atoms with van der Waals surface area (Å²) in [6.07, 6.45) is -36.0. The zero-order valence-electron chi connectivity index (χ0n) is 12.0. The second kappa shape index (κ2) is 6.50. The van der Waals surface area contributed by atoms with Crippen molar-refractivity contribution in [1.82, 2.24) is 0 Å². The minimum atomic E-state index is -8.34. The van der Waals surface area contributed by atoms with E-state index < -0.39 is 60.0 Å². The molecule has 0 aromatic rings. The van der Waals surface area contributed by atoms with Crippen molar-refractivity contribution in [3.05, 3.63) is 12.2 Å². The van der Waals surface area contributed by atoms with Gasteiger partial charge in [-0.1, -0.05) is 6.08 Å². The van der Waals surface area contributed by atoms with Gasteiger partial charge in [-0.25, -0.2) is 0 Å². The molecule has 0 aliphatic rings. The first-order valence-electron chi connectivity index (χ1n) is 5.81. The Balaban J connectivity index is 7.23. The molecule has 18 heteroatoms. The van der Waals surface area contributed by atoms with E-state index in [2.05, 4.69) is 0 Å². The van der Waals surface area contributed by atoms with E-state index in [4.69, 9.17) is 0 Å². The Morgan fingerprint density at radius 1 is 0.321 bits per heavy atom. The normalized spacial score (nSPS) is 16.8. The van der Waals surface area contributed by atoms with Crippen LogP contribution in [-0.4, -0.2) is 42.5 Å². The summed E-state index contributed by atoms with van der Waals surface area (Å²) < 4.78 is 225. The van der Waals surface area contributed by atoms with Gasteiger partial charge in [-0.3, -0.25) is 0 Å². The summed E-state index contributed by atoms with van der Waals surface area (Å²) in [4.78, 5) is 0. The van der Waals surface area contributed by atoms with E-state index in [1.165, 1.54) is 0 Å². The van der Waals surface area contributed by atoms with Crippen LogP contribution < -0.4 is 0 Å². The maximum atomic E-state index is 13.4. The molecule has 0 nitrogen and oxygen atoms in total. The molecule has 0 saturated heterocycles. The van der Waals surface area contributed by atoms with Crippen LogP contribution in [0.5, 0.6) is 0 Å². The van der Waals surface area contributed by atoms with Crippen molar-refractivity contribution in [2.24, 2.45) is 5.41 Å². The number of hydrogen-bond acceptors (Lipinski definition) is 0. The van der Waals surface area contributed by atoms with Crippen molar-refractivity contribution in [3.63, 3.8) is 0 Å². The molecule has 0 unspecified atom stereocenters. The first-order chi connectivity index (χ1) is 11.7. The molecule has 0 saturated carbocycles. The van der Waals surface area contributed by atoms with Gasteiger partial charge >= 0.3 is 42.5 Å². The van der Waals surface area contributed by atoms with Gasteiger partial charge in [-0.15, -0.1) is 0 Å². The van der Waals surface area contributed by atoms with E-state index in [1.54, 1.807) is 0 Å². The molecule has 0 bridgehead atoms. The molecule has 168 valence electrons. The number of hydrogen-bond donors (Lipinski definition) is 0. The first-order valence-corrected chi connectivity index (χ1v) is 5.81. The van der Waals surface area contributed by atoms with Crippen molar-refractivity contribution in [3.8, 4) is 0 Å². The van der Waals surface area contributed by atoms with Crippen LogP contribution in [0.3, 0.4) is 0 Å². The predicted octanol–water partition coefficient (Wildman–Crippen LogP) is 6.68. The lowest BCUT2D eigenvalue weighted by Gasteiger charge is -2.43. The van der Waals surface area contributed by atoms with Crippen LogP contribution in [0.15, 0.2) is 12.2 Å². The molecule has 0 rings (SSSR count). The maximum Gasteiger partial charge on any atom is 0.459 e. The highest BCUT2D eigenvalue weighted by molar-refractivity contribution is 5.22.